The van der Waals surface area contributed by atoms with E-state index in [0.717, 1.165) is 11.3 Å². The van der Waals surface area contributed by atoms with Gasteiger partial charge in [0, 0.05) is 5.69 Å². The molecule has 0 heterocycles. The molecule has 0 amide bonds. The molecule has 0 aromatic heterocycles. The molecule has 0 aliphatic carbocycles. The van der Waals surface area contributed by atoms with Crippen molar-refractivity contribution in [2.75, 3.05) is 5.32 Å². The van der Waals surface area contributed by atoms with E-state index in [-0.39, 0.29) is 11.9 Å². The molecule has 2 aromatic rings. The molecule has 0 aliphatic rings. The van der Waals surface area contributed by atoms with Gasteiger partial charge in [-0.3, -0.25) is 0 Å². The second-order valence-electron chi connectivity index (χ2n) is 4.10. The Balaban J connectivity index is 2.22. The number of halogens is 2. The van der Waals surface area contributed by atoms with Gasteiger partial charge in [0.1, 0.15) is 5.82 Å². The highest BCUT2D eigenvalue weighted by Crippen LogP contribution is 2.25. The summed E-state index contributed by atoms with van der Waals surface area (Å²) < 4.78 is 13.6. The fourth-order valence-electron chi connectivity index (χ4n) is 1.82. The largest absolute Gasteiger partial charge is 0.377 e. The standard InChI is InChI=1S/C15H12BrFN2/c16-13-10-12(6-7-14(13)17)19-15(8-9-18)11-4-2-1-3-5-11/h1-7,10,15,19H,8H2. The maximum absolute atomic E-state index is 13.2. The van der Waals surface area contributed by atoms with Gasteiger partial charge in [0.15, 0.2) is 0 Å². The maximum Gasteiger partial charge on any atom is 0.137 e. The minimum absolute atomic E-state index is 0.108. The molecule has 2 aromatic carbocycles. The minimum atomic E-state index is -0.304. The molecule has 0 saturated heterocycles. The summed E-state index contributed by atoms with van der Waals surface area (Å²) in [6, 6.07) is 16.5. The van der Waals surface area contributed by atoms with Gasteiger partial charge in [-0.1, -0.05) is 30.3 Å². The van der Waals surface area contributed by atoms with E-state index in [1.165, 1.54) is 6.07 Å². The van der Waals surface area contributed by atoms with Crippen molar-refractivity contribution in [3.63, 3.8) is 0 Å². The predicted octanol–water partition coefficient (Wildman–Crippen LogP) is 4.66. The van der Waals surface area contributed by atoms with Gasteiger partial charge in [0.2, 0.25) is 0 Å². The third kappa shape index (κ3) is 3.55. The van der Waals surface area contributed by atoms with Crippen LogP contribution in [-0.4, -0.2) is 0 Å². The first-order valence-electron chi connectivity index (χ1n) is 5.84. The lowest BCUT2D eigenvalue weighted by Gasteiger charge is -2.18. The SMILES string of the molecule is N#CCC(Nc1ccc(F)c(Br)c1)c1ccccc1. The van der Waals surface area contributed by atoms with Crippen molar-refractivity contribution in [3.05, 3.63) is 64.4 Å². The number of anilines is 1. The van der Waals surface area contributed by atoms with Crippen LogP contribution in [0.25, 0.3) is 0 Å². The fourth-order valence-corrected chi connectivity index (χ4v) is 2.19. The second-order valence-corrected chi connectivity index (χ2v) is 4.95. The van der Waals surface area contributed by atoms with Crippen molar-refractivity contribution in [2.24, 2.45) is 0 Å². The van der Waals surface area contributed by atoms with Crippen LogP contribution in [0.4, 0.5) is 10.1 Å². The van der Waals surface area contributed by atoms with Crippen LogP contribution in [0.5, 0.6) is 0 Å². The van der Waals surface area contributed by atoms with E-state index < -0.39 is 0 Å². The summed E-state index contributed by atoms with van der Waals surface area (Å²) in [5.41, 5.74) is 1.81. The maximum atomic E-state index is 13.2. The van der Waals surface area contributed by atoms with Gasteiger partial charge in [0.25, 0.3) is 0 Å². The normalized spacial score (nSPS) is 11.6. The van der Waals surface area contributed by atoms with Crippen molar-refractivity contribution in [2.45, 2.75) is 12.5 Å². The molecule has 1 atom stereocenters. The Kier molecular flexibility index (Phi) is 4.53. The lowest BCUT2D eigenvalue weighted by Crippen LogP contribution is -2.10. The summed E-state index contributed by atoms with van der Waals surface area (Å²) in [4.78, 5) is 0. The topological polar surface area (TPSA) is 35.8 Å². The Bertz CT molecular complexity index is 593. The number of nitriles is 1. The van der Waals surface area contributed by atoms with Gasteiger partial charge in [0.05, 0.1) is 23.0 Å². The summed E-state index contributed by atoms with van der Waals surface area (Å²) in [5, 5.41) is 12.2. The van der Waals surface area contributed by atoms with Crippen molar-refractivity contribution in [1.82, 2.24) is 0 Å². The molecular weight excluding hydrogens is 307 g/mol. The molecule has 2 rings (SSSR count). The van der Waals surface area contributed by atoms with E-state index in [2.05, 4.69) is 27.3 Å². The van der Waals surface area contributed by atoms with Gasteiger partial charge in [-0.05, 0) is 39.7 Å². The lowest BCUT2D eigenvalue weighted by molar-refractivity contribution is 0.621. The number of benzene rings is 2. The minimum Gasteiger partial charge on any atom is -0.377 e. The summed E-state index contributed by atoms with van der Waals surface area (Å²) in [6.45, 7) is 0. The molecule has 2 nitrogen and oxygen atoms in total. The Hall–Kier alpha value is -1.86. The zero-order chi connectivity index (χ0) is 13.7. The van der Waals surface area contributed by atoms with Gasteiger partial charge < -0.3 is 5.32 Å². The first kappa shape index (κ1) is 13.6. The van der Waals surface area contributed by atoms with Crippen molar-refractivity contribution in [3.8, 4) is 6.07 Å². The summed E-state index contributed by atoms with van der Waals surface area (Å²) in [6.07, 6.45) is 0.346. The number of hydrogen-bond acceptors (Lipinski definition) is 2. The lowest BCUT2D eigenvalue weighted by atomic mass is 10.0. The molecule has 0 aliphatic heterocycles. The fraction of sp³-hybridized carbons (Fsp3) is 0.133. The van der Waals surface area contributed by atoms with Crippen LogP contribution in [0, 0.1) is 17.1 Å². The first-order valence-corrected chi connectivity index (χ1v) is 6.63. The highest BCUT2D eigenvalue weighted by atomic mass is 79.9. The molecule has 0 bridgehead atoms. The molecule has 96 valence electrons. The van der Waals surface area contributed by atoms with Crippen LogP contribution in [0.2, 0.25) is 0 Å². The first-order chi connectivity index (χ1) is 9.20. The zero-order valence-corrected chi connectivity index (χ0v) is 11.7. The molecule has 0 spiro atoms. The Labute approximate surface area is 120 Å². The van der Waals surface area contributed by atoms with Gasteiger partial charge >= 0.3 is 0 Å². The van der Waals surface area contributed by atoms with E-state index in [1.807, 2.05) is 30.3 Å². The quantitative estimate of drug-likeness (QED) is 0.890. The van der Waals surface area contributed by atoms with Crippen LogP contribution in [0.3, 0.4) is 0 Å². The van der Waals surface area contributed by atoms with E-state index in [1.54, 1.807) is 12.1 Å². The van der Waals surface area contributed by atoms with Crippen LogP contribution < -0.4 is 5.32 Å². The third-order valence-corrected chi connectivity index (χ3v) is 3.37. The molecule has 0 saturated carbocycles. The Morgan fingerprint density at radius 3 is 2.58 bits per heavy atom. The molecule has 0 radical (unpaired) electrons. The molecule has 1 unspecified atom stereocenters. The van der Waals surface area contributed by atoms with E-state index in [9.17, 15) is 4.39 Å². The van der Waals surface area contributed by atoms with Crippen molar-refractivity contribution in [1.29, 1.82) is 5.26 Å². The van der Waals surface area contributed by atoms with E-state index >= 15 is 0 Å². The Morgan fingerprint density at radius 1 is 1.21 bits per heavy atom. The molecular formula is C15H12BrFN2. The van der Waals surface area contributed by atoms with E-state index in [4.69, 9.17) is 5.26 Å². The number of hydrogen-bond donors (Lipinski definition) is 1. The van der Waals surface area contributed by atoms with Gasteiger partial charge in [-0.2, -0.15) is 5.26 Å². The number of nitrogens with one attached hydrogen (secondary N) is 1. The monoisotopic (exact) mass is 318 g/mol. The number of rotatable bonds is 4. The van der Waals surface area contributed by atoms with Crippen molar-refractivity contribution < 1.29 is 4.39 Å². The summed E-state index contributed by atoms with van der Waals surface area (Å²) in [5.74, 6) is -0.304. The average Bonchev–Trinajstić information content (AvgIpc) is 2.43. The molecule has 0 fully saturated rings. The molecule has 19 heavy (non-hydrogen) atoms. The van der Waals surface area contributed by atoms with Gasteiger partial charge in [-0.25, -0.2) is 4.39 Å². The predicted molar refractivity (Wildman–Crippen MR) is 77.1 cm³/mol. The number of nitrogens with zero attached hydrogens (tertiary/aromatic N) is 1. The van der Waals surface area contributed by atoms with Crippen LogP contribution in [0.1, 0.15) is 18.0 Å². The molecule has 1 N–H and O–H groups in total. The van der Waals surface area contributed by atoms with Crippen molar-refractivity contribution >= 4 is 21.6 Å². The van der Waals surface area contributed by atoms with Gasteiger partial charge in [-0.15, -0.1) is 0 Å². The Morgan fingerprint density at radius 2 is 1.95 bits per heavy atom. The van der Waals surface area contributed by atoms with Crippen LogP contribution in [-0.2, 0) is 0 Å². The second kappa shape index (κ2) is 6.35. The zero-order valence-electron chi connectivity index (χ0n) is 10.1. The summed E-state index contributed by atoms with van der Waals surface area (Å²) >= 11 is 3.15. The third-order valence-electron chi connectivity index (χ3n) is 2.76. The molecule has 4 heteroatoms. The highest BCUT2D eigenvalue weighted by Gasteiger charge is 2.11. The van der Waals surface area contributed by atoms with E-state index in [0.29, 0.717) is 10.9 Å². The van der Waals surface area contributed by atoms with Crippen LogP contribution in [0.15, 0.2) is 53.0 Å². The highest BCUT2D eigenvalue weighted by molar-refractivity contribution is 9.10. The average molecular weight is 319 g/mol. The smallest absolute Gasteiger partial charge is 0.137 e. The van der Waals surface area contributed by atoms with Crippen LogP contribution >= 0.6 is 15.9 Å². The summed E-state index contributed by atoms with van der Waals surface area (Å²) in [7, 11) is 0.